The monoisotopic (exact) mass is 176 g/mol. The van der Waals surface area contributed by atoms with Crippen LogP contribution in [0.5, 0.6) is 0 Å². The number of rotatable bonds is 1. The zero-order valence-electron chi connectivity index (χ0n) is 7.00. The summed E-state index contributed by atoms with van der Waals surface area (Å²) in [6, 6.07) is 5.10. The molecule has 0 aliphatic heterocycles. The van der Waals surface area contributed by atoms with Crippen LogP contribution in [-0.4, -0.2) is 4.98 Å². The van der Waals surface area contributed by atoms with Crippen LogP contribution in [-0.2, 0) is 6.54 Å². The van der Waals surface area contributed by atoms with Crippen LogP contribution in [0, 0.1) is 5.82 Å². The molecular weight excluding hydrogens is 167 g/mol. The maximum absolute atomic E-state index is 13.3. The zero-order chi connectivity index (χ0) is 9.26. The Morgan fingerprint density at radius 1 is 1.38 bits per heavy atom. The third kappa shape index (κ3) is 1.38. The second kappa shape index (κ2) is 3.11. The molecule has 2 rings (SSSR count). The van der Waals surface area contributed by atoms with Crippen LogP contribution in [0.2, 0.25) is 0 Å². The number of halogens is 1. The van der Waals surface area contributed by atoms with Crippen molar-refractivity contribution in [1.29, 1.82) is 0 Å². The Hall–Kier alpha value is -1.48. The Kier molecular flexibility index (Phi) is 1.94. The minimum Gasteiger partial charge on any atom is -0.326 e. The van der Waals surface area contributed by atoms with Gasteiger partial charge >= 0.3 is 0 Å². The number of benzene rings is 1. The first kappa shape index (κ1) is 8.13. The molecule has 1 aromatic heterocycles. The molecule has 0 aliphatic carbocycles. The molecule has 2 aromatic rings. The van der Waals surface area contributed by atoms with E-state index in [1.165, 1.54) is 12.3 Å². The number of hydrogen-bond acceptors (Lipinski definition) is 2. The third-order valence-corrected chi connectivity index (χ3v) is 2.00. The lowest BCUT2D eigenvalue weighted by molar-refractivity contribution is 0.637. The lowest BCUT2D eigenvalue weighted by Crippen LogP contribution is -1.97. The van der Waals surface area contributed by atoms with Gasteiger partial charge in [0.1, 0.15) is 5.82 Å². The summed E-state index contributed by atoms with van der Waals surface area (Å²) in [6.45, 7) is 0.356. The van der Waals surface area contributed by atoms with Crippen LogP contribution in [0.4, 0.5) is 4.39 Å². The number of hydrogen-bond donors (Lipinski definition) is 1. The molecule has 1 aromatic carbocycles. The van der Waals surface area contributed by atoms with Crippen LogP contribution >= 0.6 is 0 Å². The van der Waals surface area contributed by atoms with Gasteiger partial charge in [0.15, 0.2) is 0 Å². The number of aromatic nitrogens is 1. The molecule has 66 valence electrons. The Morgan fingerprint density at radius 3 is 3.00 bits per heavy atom. The molecule has 2 N–H and O–H groups in total. The first-order valence-electron chi connectivity index (χ1n) is 4.03. The molecule has 0 unspecified atom stereocenters. The molecule has 0 aliphatic rings. The summed E-state index contributed by atoms with van der Waals surface area (Å²) < 4.78 is 13.3. The molecule has 0 spiro atoms. The van der Waals surface area contributed by atoms with Gasteiger partial charge in [0.2, 0.25) is 0 Å². The predicted molar refractivity (Wildman–Crippen MR) is 49.6 cm³/mol. The van der Waals surface area contributed by atoms with Crippen LogP contribution in [0.25, 0.3) is 10.8 Å². The normalized spacial score (nSPS) is 10.6. The fourth-order valence-electron chi connectivity index (χ4n) is 1.33. The van der Waals surface area contributed by atoms with Crippen LogP contribution in [0.1, 0.15) is 5.56 Å². The largest absolute Gasteiger partial charge is 0.326 e. The van der Waals surface area contributed by atoms with Crippen molar-refractivity contribution in [2.45, 2.75) is 6.54 Å². The van der Waals surface area contributed by atoms with E-state index in [-0.39, 0.29) is 5.82 Å². The first-order chi connectivity index (χ1) is 6.31. The fraction of sp³-hybridized carbons (Fsp3) is 0.100. The average molecular weight is 176 g/mol. The van der Waals surface area contributed by atoms with Gasteiger partial charge in [0, 0.05) is 24.3 Å². The summed E-state index contributed by atoms with van der Waals surface area (Å²) in [4.78, 5) is 3.86. The molecule has 1 heterocycles. The maximum atomic E-state index is 13.3. The standard InChI is InChI=1S/C10H9FN2/c11-10-4-7(5-12)3-8-1-2-13-6-9(8)10/h1-4,6H,5,12H2. The summed E-state index contributed by atoms with van der Waals surface area (Å²) in [7, 11) is 0. The van der Waals surface area contributed by atoms with Crippen molar-refractivity contribution >= 4 is 10.8 Å². The highest BCUT2D eigenvalue weighted by molar-refractivity contribution is 5.82. The Morgan fingerprint density at radius 2 is 2.23 bits per heavy atom. The molecular formula is C10H9FN2. The van der Waals surface area contributed by atoms with Gasteiger partial charge in [-0.05, 0) is 29.1 Å². The minimum absolute atomic E-state index is 0.258. The van der Waals surface area contributed by atoms with Gasteiger partial charge in [-0.1, -0.05) is 0 Å². The van der Waals surface area contributed by atoms with Gasteiger partial charge in [-0.3, -0.25) is 4.98 Å². The first-order valence-corrected chi connectivity index (χ1v) is 4.03. The van der Waals surface area contributed by atoms with Gasteiger partial charge in [-0.25, -0.2) is 4.39 Å². The van der Waals surface area contributed by atoms with Gasteiger partial charge in [0.25, 0.3) is 0 Å². The van der Waals surface area contributed by atoms with Crippen molar-refractivity contribution < 1.29 is 4.39 Å². The SMILES string of the molecule is NCc1cc(F)c2cnccc2c1. The van der Waals surface area contributed by atoms with E-state index in [0.29, 0.717) is 11.9 Å². The summed E-state index contributed by atoms with van der Waals surface area (Å²) in [6.07, 6.45) is 3.16. The second-order valence-corrected chi connectivity index (χ2v) is 2.88. The van der Waals surface area contributed by atoms with E-state index >= 15 is 0 Å². The molecule has 13 heavy (non-hydrogen) atoms. The number of fused-ring (bicyclic) bond motifs is 1. The van der Waals surface area contributed by atoms with E-state index in [4.69, 9.17) is 5.73 Å². The Labute approximate surface area is 75.2 Å². The van der Waals surface area contributed by atoms with E-state index in [2.05, 4.69) is 4.98 Å². The van der Waals surface area contributed by atoms with Crippen molar-refractivity contribution in [1.82, 2.24) is 4.98 Å². The van der Waals surface area contributed by atoms with Crippen molar-refractivity contribution in [2.75, 3.05) is 0 Å². The van der Waals surface area contributed by atoms with Crippen molar-refractivity contribution in [2.24, 2.45) is 5.73 Å². The van der Waals surface area contributed by atoms with Crippen LogP contribution < -0.4 is 5.73 Å². The number of pyridine rings is 1. The minimum atomic E-state index is -0.258. The highest BCUT2D eigenvalue weighted by Gasteiger charge is 2.01. The van der Waals surface area contributed by atoms with Crippen LogP contribution in [0.15, 0.2) is 30.6 Å². The Bertz CT molecular complexity index is 440. The zero-order valence-corrected chi connectivity index (χ0v) is 7.00. The summed E-state index contributed by atoms with van der Waals surface area (Å²) in [5.74, 6) is -0.258. The lowest BCUT2D eigenvalue weighted by atomic mass is 10.1. The van der Waals surface area contributed by atoms with Crippen molar-refractivity contribution in [3.63, 3.8) is 0 Å². The number of nitrogens with two attached hydrogens (primary N) is 1. The molecule has 0 radical (unpaired) electrons. The molecule has 0 atom stereocenters. The Balaban J connectivity index is 2.77. The molecule has 2 nitrogen and oxygen atoms in total. The van der Waals surface area contributed by atoms with E-state index in [9.17, 15) is 4.39 Å². The molecule has 0 saturated heterocycles. The van der Waals surface area contributed by atoms with Crippen LogP contribution in [0.3, 0.4) is 0 Å². The van der Waals surface area contributed by atoms with Gasteiger partial charge in [-0.15, -0.1) is 0 Å². The van der Waals surface area contributed by atoms with E-state index in [1.54, 1.807) is 12.3 Å². The smallest absolute Gasteiger partial charge is 0.132 e. The summed E-state index contributed by atoms with van der Waals surface area (Å²) >= 11 is 0. The van der Waals surface area contributed by atoms with E-state index < -0.39 is 0 Å². The van der Waals surface area contributed by atoms with Crippen molar-refractivity contribution in [3.8, 4) is 0 Å². The predicted octanol–water partition coefficient (Wildman–Crippen LogP) is 1.83. The second-order valence-electron chi connectivity index (χ2n) is 2.88. The maximum Gasteiger partial charge on any atom is 0.132 e. The van der Waals surface area contributed by atoms with E-state index in [1.807, 2.05) is 6.07 Å². The van der Waals surface area contributed by atoms with Gasteiger partial charge in [-0.2, -0.15) is 0 Å². The molecule has 0 bridgehead atoms. The van der Waals surface area contributed by atoms with E-state index in [0.717, 1.165) is 10.9 Å². The molecule has 0 fully saturated rings. The summed E-state index contributed by atoms with van der Waals surface area (Å²) in [5.41, 5.74) is 6.23. The van der Waals surface area contributed by atoms with Gasteiger partial charge < -0.3 is 5.73 Å². The topological polar surface area (TPSA) is 38.9 Å². The third-order valence-electron chi connectivity index (χ3n) is 2.00. The van der Waals surface area contributed by atoms with Crippen molar-refractivity contribution in [3.05, 3.63) is 42.0 Å². The average Bonchev–Trinajstić information content (AvgIpc) is 2.18. The molecule has 0 amide bonds. The summed E-state index contributed by atoms with van der Waals surface area (Å²) in [5, 5.41) is 1.38. The molecule has 0 saturated carbocycles. The lowest BCUT2D eigenvalue weighted by Gasteiger charge is -2.01. The quantitative estimate of drug-likeness (QED) is 0.720. The highest BCUT2D eigenvalue weighted by atomic mass is 19.1. The molecule has 3 heteroatoms. The fourth-order valence-corrected chi connectivity index (χ4v) is 1.33. The highest BCUT2D eigenvalue weighted by Crippen LogP contribution is 2.18. The van der Waals surface area contributed by atoms with Gasteiger partial charge in [0.05, 0.1) is 0 Å². The number of nitrogens with zero attached hydrogens (tertiary/aromatic N) is 1.